The summed E-state index contributed by atoms with van der Waals surface area (Å²) in [7, 11) is 1.52. The fraction of sp³-hybridized carbons (Fsp3) is 0.700. The van der Waals surface area contributed by atoms with E-state index < -0.39 is 17.9 Å². The number of carboxylic acid groups (broad SMARTS) is 1. The molecule has 0 aromatic carbocycles. The average Bonchev–Trinajstić information content (AvgIpc) is 2.24. The molecule has 3 N–H and O–H groups in total. The van der Waals surface area contributed by atoms with Gasteiger partial charge in [0.1, 0.15) is 0 Å². The normalized spacial score (nSPS) is 14.8. The van der Waals surface area contributed by atoms with Crippen LogP contribution in [0.2, 0.25) is 0 Å². The lowest BCUT2D eigenvalue weighted by molar-refractivity contribution is -0.146. The first-order valence-electron chi connectivity index (χ1n) is 5.55. The summed E-state index contributed by atoms with van der Waals surface area (Å²) in [6, 6.07) is -0.422. The van der Waals surface area contributed by atoms with Gasteiger partial charge in [-0.3, -0.25) is 9.59 Å². The van der Waals surface area contributed by atoms with Gasteiger partial charge in [0.25, 0.3) is 0 Å². The summed E-state index contributed by atoms with van der Waals surface area (Å²) in [6.45, 7) is 1.04. The van der Waals surface area contributed by atoms with Crippen molar-refractivity contribution in [3.05, 3.63) is 0 Å². The number of hydrogen-bond acceptors (Lipinski definition) is 4. The first-order chi connectivity index (χ1) is 8.54. The minimum absolute atomic E-state index is 0.128. The maximum absolute atomic E-state index is 11.4. The van der Waals surface area contributed by atoms with Gasteiger partial charge in [-0.15, -0.1) is 0 Å². The summed E-state index contributed by atoms with van der Waals surface area (Å²) < 4.78 is 4.75. The Morgan fingerprint density at radius 1 is 1.33 bits per heavy atom. The van der Waals surface area contributed by atoms with E-state index in [1.54, 1.807) is 0 Å². The molecule has 0 aromatic heterocycles. The van der Waals surface area contributed by atoms with Crippen molar-refractivity contribution in [3.63, 3.8) is 0 Å². The Bertz CT molecular complexity index is 327. The van der Waals surface area contributed by atoms with E-state index in [0.29, 0.717) is 13.2 Å². The van der Waals surface area contributed by atoms with Gasteiger partial charge in [-0.25, -0.2) is 4.79 Å². The first kappa shape index (κ1) is 14.2. The molecule has 102 valence electrons. The van der Waals surface area contributed by atoms with E-state index in [9.17, 15) is 14.4 Å². The molecule has 0 aromatic rings. The Labute approximate surface area is 104 Å². The van der Waals surface area contributed by atoms with Crippen LogP contribution < -0.4 is 10.6 Å². The molecule has 0 radical (unpaired) electrons. The second kappa shape index (κ2) is 6.80. The van der Waals surface area contributed by atoms with Crippen molar-refractivity contribution in [2.45, 2.75) is 0 Å². The van der Waals surface area contributed by atoms with Gasteiger partial charge >= 0.3 is 12.0 Å². The molecule has 0 atom stereocenters. The highest BCUT2D eigenvalue weighted by molar-refractivity contribution is 5.85. The Morgan fingerprint density at radius 2 is 2.00 bits per heavy atom. The van der Waals surface area contributed by atoms with E-state index in [4.69, 9.17) is 9.84 Å². The predicted octanol–water partition coefficient (Wildman–Crippen LogP) is -1.52. The van der Waals surface area contributed by atoms with Crippen molar-refractivity contribution in [2.75, 3.05) is 39.9 Å². The highest BCUT2D eigenvalue weighted by Gasteiger charge is 2.35. The fourth-order valence-electron chi connectivity index (χ4n) is 1.42. The number of methoxy groups -OCH3 is 1. The zero-order chi connectivity index (χ0) is 13.5. The lowest BCUT2D eigenvalue weighted by atomic mass is 10.0. The smallest absolute Gasteiger partial charge is 0.317 e. The maximum atomic E-state index is 11.4. The summed E-state index contributed by atoms with van der Waals surface area (Å²) in [4.78, 5) is 34.6. The summed E-state index contributed by atoms with van der Waals surface area (Å²) in [5.74, 6) is -1.71. The first-order valence-corrected chi connectivity index (χ1v) is 5.55. The minimum Gasteiger partial charge on any atom is -0.481 e. The molecule has 1 rings (SSSR count). The number of nitrogens with one attached hydrogen (secondary N) is 2. The fourth-order valence-corrected chi connectivity index (χ4v) is 1.42. The van der Waals surface area contributed by atoms with Crippen molar-refractivity contribution in [2.24, 2.45) is 5.92 Å². The van der Waals surface area contributed by atoms with Crippen molar-refractivity contribution in [1.82, 2.24) is 15.5 Å². The number of urea groups is 1. The molecule has 0 saturated carbocycles. The Kier molecular flexibility index (Phi) is 5.37. The molecule has 8 nitrogen and oxygen atoms in total. The minimum atomic E-state index is -0.906. The van der Waals surface area contributed by atoms with Crippen LogP contribution in [-0.2, 0) is 14.3 Å². The summed E-state index contributed by atoms with van der Waals surface area (Å²) >= 11 is 0. The highest BCUT2D eigenvalue weighted by Crippen LogP contribution is 2.14. The molecule has 0 bridgehead atoms. The monoisotopic (exact) mass is 259 g/mol. The van der Waals surface area contributed by atoms with E-state index in [1.807, 2.05) is 0 Å². The number of carbonyl (C=O) groups excluding carboxylic acids is 2. The van der Waals surface area contributed by atoms with Gasteiger partial charge in [0.05, 0.1) is 19.1 Å². The summed E-state index contributed by atoms with van der Waals surface area (Å²) in [5.41, 5.74) is 0. The molecule has 1 saturated heterocycles. The molecule has 18 heavy (non-hydrogen) atoms. The lowest BCUT2D eigenvalue weighted by Gasteiger charge is -2.36. The number of hydrogen-bond donors (Lipinski definition) is 3. The molecule has 0 unspecified atom stereocenters. The number of nitrogens with zero attached hydrogens (tertiary/aromatic N) is 1. The number of ether oxygens (including phenoxy) is 1. The van der Waals surface area contributed by atoms with Crippen molar-refractivity contribution in [3.8, 4) is 0 Å². The van der Waals surface area contributed by atoms with Crippen LogP contribution in [-0.4, -0.2) is 67.8 Å². The van der Waals surface area contributed by atoms with Crippen LogP contribution in [0.1, 0.15) is 0 Å². The Balaban J connectivity index is 2.11. The van der Waals surface area contributed by atoms with Gasteiger partial charge in [-0.05, 0) is 0 Å². The van der Waals surface area contributed by atoms with Crippen molar-refractivity contribution >= 4 is 17.9 Å². The van der Waals surface area contributed by atoms with E-state index in [0.717, 1.165) is 0 Å². The number of carbonyl (C=O) groups is 3. The third-order valence-corrected chi connectivity index (χ3v) is 2.55. The van der Waals surface area contributed by atoms with Crippen LogP contribution in [0.3, 0.4) is 0 Å². The second-order valence-electron chi connectivity index (χ2n) is 3.94. The molecule has 8 heteroatoms. The number of carboxylic acids is 1. The third kappa shape index (κ3) is 4.21. The van der Waals surface area contributed by atoms with Crippen LogP contribution in [0.25, 0.3) is 0 Å². The number of aliphatic carboxylic acids is 1. The van der Waals surface area contributed by atoms with Gasteiger partial charge in [0.2, 0.25) is 5.91 Å². The number of amides is 3. The molecular formula is C10H17N3O5. The van der Waals surface area contributed by atoms with Gasteiger partial charge in [0, 0.05) is 26.7 Å². The molecule has 1 heterocycles. The molecular weight excluding hydrogens is 242 g/mol. The summed E-state index contributed by atoms with van der Waals surface area (Å²) in [6.07, 6.45) is 0. The third-order valence-electron chi connectivity index (χ3n) is 2.55. The van der Waals surface area contributed by atoms with E-state index in [2.05, 4.69) is 10.6 Å². The number of likely N-dealkylation sites (tertiary alicyclic amines) is 1. The Morgan fingerprint density at radius 3 is 2.56 bits per heavy atom. The zero-order valence-corrected chi connectivity index (χ0v) is 10.1. The molecule has 1 aliphatic rings. The van der Waals surface area contributed by atoms with Gasteiger partial charge in [-0.2, -0.15) is 0 Å². The van der Waals surface area contributed by atoms with Gasteiger partial charge in [-0.1, -0.05) is 0 Å². The van der Waals surface area contributed by atoms with E-state index >= 15 is 0 Å². The predicted molar refractivity (Wildman–Crippen MR) is 61.0 cm³/mol. The Hall–Kier alpha value is -1.83. The molecule has 1 aliphatic heterocycles. The van der Waals surface area contributed by atoms with Crippen LogP contribution in [0.15, 0.2) is 0 Å². The molecule has 3 amide bonds. The van der Waals surface area contributed by atoms with Crippen molar-refractivity contribution in [1.29, 1.82) is 0 Å². The maximum Gasteiger partial charge on any atom is 0.317 e. The molecule has 0 aliphatic carbocycles. The van der Waals surface area contributed by atoms with Crippen LogP contribution in [0.5, 0.6) is 0 Å². The van der Waals surface area contributed by atoms with E-state index in [-0.39, 0.29) is 25.5 Å². The van der Waals surface area contributed by atoms with Crippen LogP contribution in [0, 0.1) is 5.92 Å². The standard InChI is InChI=1S/C10H17N3O5/c1-18-3-2-11-8(14)4-12-10(17)13-5-7(6-13)9(15)16/h7H,2-6H2,1H3,(H,11,14)(H,12,17)(H,15,16). The second-order valence-corrected chi connectivity index (χ2v) is 3.94. The summed E-state index contributed by atoms with van der Waals surface area (Å²) in [5, 5.41) is 13.6. The van der Waals surface area contributed by atoms with Gasteiger partial charge in [0.15, 0.2) is 0 Å². The SMILES string of the molecule is COCCNC(=O)CNC(=O)N1CC(C(=O)O)C1. The molecule has 1 fully saturated rings. The quantitative estimate of drug-likeness (QED) is 0.502. The van der Waals surface area contributed by atoms with Crippen molar-refractivity contribution < 1.29 is 24.2 Å². The lowest BCUT2D eigenvalue weighted by Crippen LogP contribution is -2.57. The zero-order valence-electron chi connectivity index (χ0n) is 10.1. The van der Waals surface area contributed by atoms with Crippen LogP contribution in [0.4, 0.5) is 4.79 Å². The van der Waals surface area contributed by atoms with Crippen LogP contribution >= 0.6 is 0 Å². The largest absolute Gasteiger partial charge is 0.481 e. The topological polar surface area (TPSA) is 108 Å². The molecule has 0 spiro atoms. The average molecular weight is 259 g/mol. The number of rotatable bonds is 6. The van der Waals surface area contributed by atoms with Gasteiger partial charge < -0.3 is 25.4 Å². The van der Waals surface area contributed by atoms with E-state index in [1.165, 1.54) is 12.0 Å². The highest BCUT2D eigenvalue weighted by atomic mass is 16.5.